The summed E-state index contributed by atoms with van der Waals surface area (Å²) in [6.45, 7) is 4.70. The Bertz CT molecular complexity index is 1460. The third-order valence-electron chi connectivity index (χ3n) is 11.8. The zero-order chi connectivity index (χ0) is 29.1. The first-order chi connectivity index (χ1) is 20.2. The summed E-state index contributed by atoms with van der Waals surface area (Å²) in [5.74, 6) is 1.06. The van der Waals surface area contributed by atoms with Crippen LogP contribution in [0.4, 0.5) is 0 Å². The minimum absolute atomic E-state index is 0.0299. The summed E-state index contributed by atoms with van der Waals surface area (Å²) in [5.41, 5.74) is 2.07. The molecule has 5 aliphatic rings. The molecule has 218 valence electrons. The molecule has 0 N–H and O–H groups in total. The van der Waals surface area contributed by atoms with E-state index in [9.17, 15) is 14.4 Å². The average molecular weight is 565 g/mol. The Morgan fingerprint density at radius 2 is 1.69 bits per heavy atom. The number of benzene rings is 2. The molecule has 3 saturated carbocycles. The first kappa shape index (κ1) is 27.5. The van der Waals surface area contributed by atoms with Gasteiger partial charge in [0.2, 0.25) is 0 Å². The third kappa shape index (κ3) is 4.26. The topological polar surface area (TPSA) is 73.0 Å². The summed E-state index contributed by atoms with van der Waals surface area (Å²) in [6.07, 6.45) is 12.2. The van der Waals surface area contributed by atoms with Crippen LogP contribution in [0.1, 0.15) is 81.1 Å². The van der Waals surface area contributed by atoms with Crippen LogP contribution in [0.3, 0.4) is 0 Å². The number of fused-ring (bicyclic) bond motifs is 7. The first-order valence-electron chi connectivity index (χ1n) is 15.7. The van der Waals surface area contributed by atoms with Gasteiger partial charge < -0.3 is 9.47 Å². The average Bonchev–Trinajstić information content (AvgIpc) is 3.68. The van der Waals surface area contributed by atoms with E-state index in [0.29, 0.717) is 23.3 Å². The quantitative estimate of drug-likeness (QED) is 0.117. The van der Waals surface area contributed by atoms with Gasteiger partial charge in [0, 0.05) is 11.8 Å². The second-order valence-electron chi connectivity index (χ2n) is 13.7. The van der Waals surface area contributed by atoms with Gasteiger partial charge in [0.25, 0.3) is 0 Å². The predicted molar refractivity (Wildman–Crippen MR) is 160 cm³/mol. The van der Waals surface area contributed by atoms with Gasteiger partial charge >= 0.3 is 5.97 Å². The summed E-state index contributed by atoms with van der Waals surface area (Å²) in [7, 11) is 0. The fraction of sp³-hybridized carbons (Fsp3) is 0.486. The Morgan fingerprint density at radius 1 is 0.952 bits per heavy atom. The largest absolute Gasteiger partial charge is 0.458 e. The van der Waals surface area contributed by atoms with Crippen LogP contribution in [-0.4, -0.2) is 35.3 Å². The molecule has 1 aliphatic heterocycles. The minimum atomic E-state index is -0.799. The van der Waals surface area contributed by atoms with Crippen molar-refractivity contribution < 1.29 is 23.9 Å². The van der Waals surface area contributed by atoms with Crippen molar-refractivity contribution in [3.8, 4) is 0 Å². The molecule has 7 rings (SSSR count). The molecule has 2 aromatic carbocycles. The summed E-state index contributed by atoms with van der Waals surface area (Å²) in [4.78, 5) is 39.3. The van der Waals surface area contributed by atoms with Crippen molar-refractivity contribution in [2.75, 3.05) is 0 Å². The van der Waals surface area contributed by atoms with Gasteiger partial charge in [-0.05, 0) is 85.5 Å². The summed E-state index contributed by atoms with van der Waals surface area (Å²) >= 11 is 0. The molecule has 0 spiro atoms. The Balaban J connectivity index is 1.04. The number of hydrogen-bond donors (Lipinski definition) is 0. The number of carbonyl (C=O) groups excluding carboxylic acids is 3. The van der Waals surface area contributed by atoms with Gasteiger partial charge in [0.15, 0.2) is 17.2 Å². The maximum Gasteiger partial charge on any atom is 0.338 e. The van der Waals surface area contributed by atoms with Crippen molar-refractivity contribution in [1.82, 2.24) is 0 Å². The molecule has 0 unspecified atom stereocenters. The summed E-state index contributed by atoms with van der Waals surface area (Å²) in [6, 6.07) is 19.0. The molecule has 5 heteroatoms. The Labute approximate surface area is 248 Å². The van der Waals surface area contributed by atoms with Crippen LogP contribution in [0, 0.1) is 28.6 Å². The van der Waals surface area contributed by atoms with E-state index in [1.807, 2.05) is 60.7 Å². The van der Waals surface area contributed by atoms with Gasteiger partial charge in [0.05, 0.1) is 18.1 Å². The standard InChI is InChI=1S/C37H40O5/c1-35-19-17-28(41-34(40)25-11-7-4-8-12-25)21-26(35)14-16-29-30(35)18-20-36(2)31(29)23-33-37(36,42-33)32(39)22-27(38)15-13-24-9-5-3-6-10-24/h3-15,28-31,33H,16-23H2,1-2H3/b15-13+/t28-,29+,30-,31-,33+,35-,36-,37+/m0/s1. The van der Waals surface area contributed by atoms with E-state index in [4.69, 9.17) is 9.47 Å². The lowest BCUT2D eigenvalue weighted by Gasteiger charge is -2.58. The highest BCUT2D eigenvalue weighted by atomic mass is 16.6. The zero-order valence-electron chi connectivity index (χ0n) is 24.6. The molecule has 4 fully saturated rings. The van der Waals surface area contributed by atoms with E-state index in [2.05, 4.69) is 19.9 Å². The molecule has 8 atom stereocenters. The van der Waals surface area contributed by atoms with Gasteiger partial charge in [-0.3, -0.25) is 9.59 Å². The number of esters is 1. The normalized spacial score (nSPS) is 38.0. The van der Waals surface area contributed by atoms with Gasteiger partial charge in [0.1, 0.15) is 6.10 Å². The predicted octanol–water partition coefficient (Wildman–Crippen LogP) is 7.16. The van der Waals surface area contributed by atoms with E-state index in [1.165, 1.54) is 11.6 Å². The summed E-state index contributed by atoms with van der Waals surface area (Å²) in [5, 5.41) is 0. The van der Waals surface area contributed by atoms with Gasteiger partial charge in [-0.2, -0.15) is 0 Å². The van der Waals surface area contributed by atoms with Crippen molar-refractivity contribution in [3.63, 3.8) is 0 Å². The number of ether oxygens (including phenoxy) is 2. The molecule has 0 aromatic heterocycles. The molecule has 4 aliphatic carbocycles. The van der Waals surface area contributed by atoms with Gasteiger partial charge in [-0.1, -0.05) is 80.1 Å². The third-order valence-corrected chi connectivity index (χ3v) is 11.8. The van der Waals surface area contributed by atoms with E-state index in [1.54, 1.807) is 6.08 Å². The van der Waals surface area contributed by atoms with E-state index >= 15 is 0 Å². The van der Waals surface area contributed by atoms with Crippen molar-refractivity contribution in [2.24, 2.45) is 28.6 Å². The number of allylic oxidation sites excluding steroid dienone is 2. The van der Waals surface area contributed by atoms with Gasteiger partial charge in [-0.15, -0.1) is 0 Å². The fourth-order valence-electron chi connectivity index (χ4n) is 9.54. The highest BCUT2D eigenvalue weighted by molar-refractivity contribution is 6.10. The van der Waals surface area contributed by atoms with Gasteiger partial charge in [-0.25, -0.2) is 4.79 Å². The van der Waals surface area contributed by atoms with Crippen LogP contribution in [0.2, 0.25) is 0 Å². The highest BCUT2D eigenvalue weighted by Gasteiger charge is 2.80. The monoisotopic (exact) mass is 564 g/mol. The number of carbonyl (C=O) groups is 3. The number of epoxide rings is 1. The lowest BCUT2D eigenvalue weighted by atomic mass is 9.47. The fourth-order valence-corrected chi connectivity index (χ4v) is 9.54. The second kappa shape index (κ2) is 10.2. The first-order valence-corrected chi connectivity index (χ1v) is 15.7. The number of rotatable bonds is 7. The van der Waals surface area contributed by atoms with Crippen LogP contribution in [0.15, 0.2) is 78.4 Å². The Morgan fingerprint density at radius 3 is 2.45 bits per heavy atom. The molecular formula is C37H40O5. The Kier molecular flexibility index (Phi) is 6.65. The zero-order valence-corrected chi connectivity index (χ0v) is 24.6. The highest BCUT2D eigenvalue weighted by Crippen LogP contribution is 2.73. The minimum Gasteiger partial charge on any atom is -0.458 e. The molecule has 0 amide bonds. The lowest BCUT2D eigenvalue weighted by molar-refractivity contribution is -0.139. The molecule has 0 radical (unpaired) electrons. The van der Waals surface area contributed by atoms with Crippen LogP contribution in [-0.2, 0) is 19.1 Å². The molecule has 5 nitrogen and oxygen atoms in total. The number of hydrogen-bond acceptors (Lipinski definition) is 5. The molecule has 0 bridgehead atoms. The molecule has 1 saturated heterocycles. The Hall–Kier alpha value is -3.31. The van der Waals surface area contributed by atoms with Crippen molar-refractivity contribution in [2.45, 2.75) is 83.0 Å². The van der Waals surface area contributed by atoms with Crippen molar-refractivity contribution in [3.05, 3.63) is 89.5 Å². The lowest BCUT2D eigenvalue weighted by Crippen LogP contribution is -2.54. The van der Waals surface area contributed by atoms with Crippen LogP contribution in [0.25, 0.3) is 6.08 Å². The van der Waals surface area contributed by atoms with Crippen molar-refractivity contribution in [1.29, 1.82) is 0 Å². The smallest absolute Gasteiger partial charge is 0.338 e. The van der Waals surface area contributed by atoms with E-state index in [0.717, 1.165) is 50.5 Å². The molecule has 42 heavy (non-hydrogen) atoms. The molecular weight excluding hydrogens is 524 g/mol. The number of ketones is 2. The molecule has 1 heterocycles. The van der Waals surface area contributed by atoms with Crippen LogP contribution < -0.4 is 0 Å². The van der Waals surface area contributed by atoms with E-state index < -0.39 is 5.60 Å². The summed E-state index contributed by atoms with van der Waals surface area (Å²) < 4.78 is 12.2. The second-order valence-corrected chi connectivity index (χ2v) is 13.7. The van der Waals surface area contributed by atoms with E-state index in [-0.39, 0.29) is 47.0 Å². The molecule has 2 aromatic rings. The van der Waals surface area contributed by atoms with Crippen LogP contribution in [0.5, 0.6) is 0 Å². The maximum absolute atomic E-state index is 13.7. The number of Topliss-reactive ketones (excluding diaryl/α,β-unsaturated/α-hetero) is 1. The SMILES string of the molecule is C[C@]12CC[C@H](OC(=O)c3ccccc3)CC1=CC[C@@H]1[C@@H]2CC[C@@]2(C)[C@H]1C[C@H]1O[C@]12C(=O)CC(=O)/C=C/c1ccccc1. The van der Waals surface area contributed by atoms with Crippen molar-refractivity contribution >= 4 is 23.6 Å². The maximum atomic E-state index is 13.7. The van der Waals surface area contributed by atoms with Crippen LogP contribution >= 0.6 is 0 Å².